The third kappa shape index (κ3) is 1.51. The second-order valence-electron chi connectivity index (χ2n) is 3.79. The molecule has 0 radical (unpaired) electrons. The Hall–Kier alpha value is -1.87. The summed E-state index contributed by atoms with van der Waals surface area (Å²) in [6.45, 7) is 0. The fourth-order valence-electron chi connectivity index (χ4n) is 2.03. The lowest BCUT2D eigenvalue weighted by molar-refractivity contribution is 0.420. The smallest absolute Gasteiger partial charge is 0.195 e. The molecule has 0 saturated heterocycles. The van der Waals surface area contributed by atoms with E-state index in [1.54, 1.807) is 18.4 Å². The molecule has 84 valence electrons. The fourth-order valence-corrected chi connectivity index (χ4v) is 2.84. The first kappa shape index (κ1) is 10.3. The molecular weight excluding hydrogens is 232 g/mol. The number of fused-ring (bicyclic) bond motifs is 2. The van der Waals surface area contributed by atoms with Crippen LogP contribution in [-0.2, 0) is 0 Å². The molecule has 0 bridgehead atoms. The van der Waals surface area contributed by atoms with Crippen LogP contribution in [-0.4, -0.2) is 7.11 Å². The Morgan fingerprint density at radius 3 is 2.59 bits per heavy atom. The minimum Gasteiger partial charge on any atom is -0.496 e. The minimum absolute atomic E-state index is 0.0696. The molecule has 1 heterocycles. The van der Waals surface area contributed by atoms with Gasteiger partial charge in [-0.25, -0.2) is 0 Å². The molecule has 3 heteroatoms. The average Bonchev–Trinajstić information content (AvgIpc) is 2.79. The van der Waals surface area contributed by atoms with Gasteiger partial charge in [0, 0.05) is 20.9 Å². The number of hydrogen-bond donors (Lipinski definition) is 0. The fraction of sp³-hybridized carbons (Fsp3) is 0.0714. The molecule has 0 saturated carbocycles. The molecule has 0 unspecified atom stereocenters. The largest absolute Gasteiger partial charge is 0.496 e. The number of ether oxygens (including phenoxy) is 1. The first-order valence-electron chi connectivity index (χ1n) is 5.28. The summed E-state index contributed by atoms with van der Waals surface area (Å²) in [4.78, 5) is 12.4. The van der Waals surface area contributed by atoms with Crippen molar-refractivity contribution in [1.29, 1.82) is 0 Å². The van der Waals surface area contributed by atoms with Gasteiger partial charge in [0.15, 0.2) is 5.43 Å². The average molecular weight is 242 g/mol. The van der Waals surface area contributed by atoms with Gasteiger partial charge >= 0.3 is 0 Å². The molecule has 3 rings (SSSR count). The molecular formula is C14H10O2S. The van der Waals surface area contributed by atoms with Crippen LogP contribution in [0, 0.1) is 0 Å². The highest BCUT2D eigenvalue weighted by Crippen LogP contribution is 2.28. The van der Waals surface area contributed by atoms with Crippen molar-refractivity contribution in [3.63, 3.8) is 0 Å². The van der Waals surface area contributed by atoms with Crippen molar-refractivity contribution in [2.45, 2.75) is 0 Å². The van der Waals surface area contributed by atoms with Crippen LogP contribution in [0.1, 0.15) is 0 Å². The number of methoxy groups -OCH3 is 1. The van der Waals surface area contributed by atoms with Gasteiger partial charge in [0.05, 0.1) is 7.11 Å². The Kier molecular flexibility index (Phi) is 2.34. The van der Waals surface area contributed by atoms with Crippen molar-refractivity contribution < 1.29 is 4.74 Å². The summed E-state index contributed by atoms with van der Waals surface area (Å²) in [5.74, 6) is 0.746. The lowest BCUT2D eigenvalue weighted by Gasteiger charge is -1.99. The quantitative estimate of drug-likeness (QED) is 0.653. The second kappa shape index (κ2) is 3.86. The summed E-state index contributed by atoms with van der Waals surface area (Å²) < 4.78 is 6.35. The molecule has 17 heavy (non-hydrogen) atoms. The van der Waals surface area contributed by atoms with Crippen LogP contribution in [0.5, 0.6) is 5.75 Å². The number of hydrogen-bond acceptors (Lipinski definition) is 3. The van der Waals surface area contributed by atoms with Crippen molar-refractivity contribution >= 4 is 32.2 Å². The van der Waals surface area contributed by atoms with E-state index in [0.29, 0.717) is 5.39 Å². The van der Waals surface area contributed by atoms with Gasteiger partial charge in [0.25, 0.3) is 0 Å². The van der Waals surface area contributed by atoms with Crippen molar-refractivity contribution in [3.8, 4) is 5.75 Å². The molecule has 0 amide bonds. The Labute approximate surface area is 102 Å². The molecule has 1 aromatic heterocycles. The van der Waals surface area contributed by atoms with Crippen LogP contribution in [0.25, 0.3) is 20.9 Å². The lowest BCUT2D eigenvalue weighted by atomic mass is 10.1. The highest BCUT2D eigenvalue weighted by atomic mass is 32.1. The van der Waals surface area contributed by atoms with Gasteiger partial charge in [-0.15, -0.1) is 11.3 Å². The van der Waals surface area contributed by atoms with E-state index in [-0.39, 0.29) is 5.43 Å². The molecule has 0 aliphatic rings. The predicted molar refractivity (Wildman–Crippen MR) is 72.2 cm³/mol. The maximum Gasteiger partial charge on any atom is 0.195 e. The van der Waals surface area contributed by atoms with E-state index in [1.807, 2.05) is 41.8 Å². The number of thiophene rings is 1. The van der Waals surface area contributed by atoms with E-state index < -0.39 is 0 Å². The SMILES string of the molecule is COc1cc2sccc2c(=O)c2ccccc12. The van der Waals surface area contributed by atoms with Crippen LogP contribution in [0.4, 0.5) is 0 Å². The van der Waals surface area contributed by atoms with E-state index in [9.17, 15) is 4.79 Å². The van der Waals surface area contributed by atoms with E-state index in [1.165, 1.54) is 0 Å². The molecule has 2 aromatic carbocycles. The Balaban J connectivity index is 2.69. The summed E-state index contributed by atoms with van der Waals surface area (Å²) in [6, 6.07) is 11.4. The van der Waals surface area contributed by atoms with Gasteiger partial charge in [-0.2, -0.15) is 0 Å². The minimum atomic E-state index is 0.0696. The summed E-state index contributed by atoms with van der Waals surface area (Å²) >= 11 is 1.55. The Morgan fingerprint density at radius 1 is 1.06 bits per heavy atom. The Morgan fingerprint density at radius 2 is 1.82 bits per heavy atom. The predicted octanol–water partition coefficient (Wildman–Crippen LogP) is 3.42. The first-order valence-corrected chi connectivity index (χ1v) is 6.16. The van der Waals surface area contributed by atoms with Crippen LogP contribution in [0.3, 0.4) is 0 Å². The first-order chi connectivity index (χ1) is 8.31. The molecule has 2 nitrogen and oxygen atoms in total. The van der Waals surface area contributed by atoms with Gasteiger partial charge in [0.1, 0.15) is 5.75 Å². The summed E-state index contributed by atoms with van der Waals surface area (Å²) in [5, 5.41) is 4.26. The summed E-state index contributed by atoms with van der Waals surface area (Å²) in [7, 11) is 1.63. The van der Waals surface area contributed by atoms with Gasteiger partial charge in [-0.1, -0.05) is 24.3 Å². The molecule has 0 aliphatic heterocycles. The molecule has 0 aliphatic carbocycles. The molecule has 0 atom stereocenters. The maximum absolute atomic E-state index is 12.4. The molecule has 3 aromatic rings. The van der Waals surface area contributed by atoms with Crippen molar-refractivity contribution in [3.05, 3.63) is 52.0 Å². The van der Waals surface area contributed by atoms with Crippen molar-refractivity contribution in [1.82, 2.24) is 0 Å². The van der Waals surface area contributed by atoms with Crippen LogP contribution < -0.4 is 10.2 Å². The molecule has 0 fully saturated rings. The monoisotopic (exact) mass is 242 g/mol. The normalized spacial score (nSPS) is 10.9. The van der Waals surface area contributed by atoms with E-state index in [0.717, 1.165) is 21.2 Å². The van der Waals surface area contributed by atoms with Crippen LogP contribution in [0.2, 0.25) is 0 Å². The van der Waals surface area contributed by atoms with Gasteiger partial charge in [-0.3, -0.25) is 4.79 Å². The van der Waals surface area contributed by atoms with E-state index in [4.69, 9.17) is 4.74 Å². The van der Waals surface area contributed by atoms with Crippen molar-refractivity contribution in [2.24, 2.45) is 0 Å². The molecule has 0 spiro atoms. The van der Waals surface area contributed by atoms with Gasteiger partial charge < -0.3 is 4.74 Å². The van der Waals surface area contributed by atoms with E-state index >= 15 is 0 Å². The zero-order valence-corrected chi connectivity index (χ0v) is 10.1. The number of rotatable bonds is 1. The second-order valence-corrected chi connectivity index (χ2v) is 4.73. The topological polar surface area (TPSA) is 26.3 Å². The zero-order chi connectivity index (χ0) is 11.8. The summed E-state index contributed by atoms with van der Waals surface area (Å²) in [5.41, 5.74) is 0.0696. The summed E-state index contributed by atoms with van der Waals surface area (Å²) in [6.07, 6.45) is 0. The van der Waals surface area contributed by atoms with Crippen LogP contribution in [0.15, 0.2) is 46.6 Å². The highest BCUT2D eigenvalue weighted by molar-refractivity contribution is 7.17. The van der Waals surface area contributed by atoms with E-state index in [2.05, 4.69) is 0 Å². The third-order valence-corrected chi connectivity index (χ3v) is 3.72. The van der Waals surface area contributed by atoms with Gasteiger partial charge in [-0.05, 0) is 17.5 Å². The zero-order valence-electron chi connectivity index (χ0n) is 9.27. The third-order valence-electron chi connectivity index (χ3n) is 2.86. The van der Waals surface area contributed by atoms with Gasteiger partial charge in [0.2, 0.25) is 0 Å². The Bertz CT molecular complexity index is 759. The number of benzene rings is 1. The lowest BCUT2D eigenvalue weighted by Crippen LogP contribution is -1.96. The van der Waals surface area contributed by atoms with Crippen molar-refractivity contribution in [2.75, 3.05) is 7.11 Å². The maximum atomic E-state index is 12.4. The molecule has 0 N–H and O–H groups in total. The highest BCUT2D eigenvalue weighted by Gasteiger charge is 2.07. The van der Waals surface area contributed by atoms with Crippen LogP contribution >= 0.6 is 11.3 Å². The standard InChI is InChI=1S/C14H10O2S/c1-16-12-8-13-11(6-7-17-13)14(15)10-5-3-2-4-9(10)12/h2-8H,1H3.